The van der Waals surface area contributed by atoms with Gasteiger partial charge >= 0.3 is 0 Å². The highest BCUT2D eigenvalue weighted by Crippen LogP contribution is 2.34. The molecule has 0 saturated carbocycles. The van der Waals surface area contributed by atoms with Gasteiger partial charge in [0.1, 0.15) is 0 Å². The SMILES string of the molecule is CCC(Br)(Br)CC(=O)Cl. The van der Waals surface area contributed by atoms with E-state index in [9.17, 15) is 4.79 Å². The van der Waals surface area contributed by atoms with Crippen molar-refractivity contribution in [3.63, 3.8) is 0 Å². The number of carbonyl (C=O) groups excluding carboxylic acids is 1. The number of hydrogen-bond donors (Lipinski definition) is 0. The Bertz CT molecular complexity index is 114. The second-order valence-corrected chi connectivity index (χ2v) is 6.26. The summed E-state index contributed by atoms with van der Waals surface area (Å²) < 4.78 is -0.293. The van der Waals surface area contributed by atoms with Crippen molar-refractivity contribution >= 4 is 48.7 Å². The topological polar surface area (TPSA) is 17.1 Å². The quantitative estimate of drug-likeness (QED) is 0.573. The molecule has 0 unspecified atom stereocenters. The van der Waals surface area contributed by atoms with Crippen molar-refractivity contribution in [2.24, 2.45) is 0 Å². The lowest BCUT2D eigenvalue weighted by atomic mass is 10.3. The summed E-state index contributed by atoms with van der Waals surface area (Å²) >= 11 is 11.7. The molecule has 0 aliphatic heterocycles. The van der Waals surface area contributed by atoms with Crippen LogP contribution in [0.4, 0.5) is 0 Å². The first-order chi connectivity index (χ1) is 3.98. The van der Waals surface area contributed by atoms with E-state index in [-0.39, 0.29) is 8.48 Å². The van der Waals surface area contributed by atoms with Crippen molar-refractivity contribution in [3.8, 4) is 0 Å². The number of carbonyl (C=O) groups is 1. The monoisotopic (exact) mass is 276 g/mol. The van der Waals surface area contributed by atoms with E-state index in [2.05, 4.69) is 31.9 Å². The summed E-state index contributed by atoms with van der Waals surface area (Å²) in [5, 5.41) is -0.328. The lowest BCUT2D eigenvalue weighted by Gasteiger charge is -2.13. The van der Waals surface area contributed by atoms with Crippen LogP contribution in [-0.2, 0) is 4.79 Å². The van der Waals surface area contributed by atoms with Crippen LogP contribution in [0.2, 0.25) is 0 Å². The molecule has 4 heteroatoms. The Morgan fingerprint density at radius 1 is 1.67 bits per heavy atom. The van der Waals surface area contributed by atoms with Crippen LogP contribution in [-0.4, -0.2) is 8.48 Å². The fourth-order valence-electron chi connectivity index (χ4n) is 0.328. The van der Waals surface area contributed by atoms with Gasteiger partial charge < -0.3 is 0 Å². The highest BCUT2D eigenvalue weighted by molar-refractivity contribution is 9.25. The second kappa shape index (κ2) is 3.94. The number of alkyl halides is 2. The van der Waals surface area contributed by atoms with Crippen LogP contribution in [0.5, 0.6) is 0 Å². The van der Waals surface area contributed by atoms with Gasteiger partial charge in [0.2, 0.25) is 5.24 Å². The van der Waals surface area contributed by atoms with Gasteiger partial charge in [0.05, 0.1) is 3.23 Å². The molecule has 0 aliphatic rings. The van der Waals surface area contributed by atoms with Crippen molar-refractivity contribution < 1.29 is 4.79 Å². The molecule has 0 aliphatic carbocycles. The first kappa shape index (κ1) is 9.92. The van der Waals surface area contributed by atoms with Crippen LogP contribution in [0.25, 0.3) is 0 Å². The lowest BCUT2D eigenvalue weighted by molar-refractivity contribution is -0.111. The van der Waals surface area contributed by atoms with Crippen molar-refractivity contribution in [1.82, 2.24) is 0 Å². The summed E-state index contributed by atoms with van der Waals surface area (Å²) in [5.74, 6) is 0. The van der Waals surface area contributed by atoms with Crippen LogP contribution in [0.15, 0.2) is 0 Å². The van der Waals surface area contributed by atoms with E-state index in [4.69, 9.17) is 11.6 Å². The van der Waals surface area contributed by atoms with E-state index in [1.54, 1.807) is 0 Å². The van der Waals surface area contributed by atoms with Crippen LogP contribution in [0.1, 0.15) is 19.8 Å². The summed E-state index contributed by atoms with van der Waals surface area (Å²) in [7, 11) is 0. The Labute approximate surface area is 76.4 Å². The molecule has 0 heterocycles. The third-order valence-electron chi connectivity index (χ3n) is 0.915. The summed E-state index contributed by atoms with van der Waals surface area (Å²) in [6.07, 6.45) is 1.14. The molecule has 54 valence electrons. The van der Waals surface area contributed by atoms with E-state index in [1.165, 1.54) is 0 Å². The predicted molar refractivity (Wildman–Crippen MR) is 46.4 cm³/mol. The van der Waals surface area contributed by atoms with Gasteiger partial charge in [0.25, 0.3) is 0 Å². The molecule has 0 rings (SSSR count). The molecule has 0 N–H and O–H groups in total. The van der Waals surface area contributed by atoms with E-state index in [1.807, 2.05) is 6.92 Å². The molecule has 0 atom stereocenters. The maximum atomic E-state index is 10.3. The zero-order chi connectivity index (χ0) is 7.49. The van der Waals surface area contributed by atoms with Gasteiger partial charge in [-0.05, 0) is 18.0 Å². The standard InChI is InChI=1S/C5H7Br2ClO/c1-2-5(6,7)3-4(8)9/h2-3H2,1H3. The lowest BCUT2D eigenvalue weighted by Crippen LogP contribution is -2.12. The normalized spacial score (nSPS) is 11.6. The zero-order valence-electron chi connectivity index (χ0n) is 4.96. The van der Waals surface area contributed by atoms with E-state index in [0.717, 1.165) is 6.42 Å². The van der Waals surface area contributed by atoms with Gasteiger partial charge in [0.15, 0.2) is 0 Å². The Morgan fingerprint density at radius 2 is 2.11 bits per heavy atom. The smallest absolute Gasteiger partial charge is 0.223 e. The number of hydrogen-bond acceptors (Lipinski definition) is 1. The molecule has 0 fully saturated rings. The Morgan fingerprint density at radius 3 is 2.22 bits per heavy atom. The minimum atomic E-state index is -0.328. The fourth-order valence-corrected chi connectivity index (χ4v) is 1.39. The van der Waals surface area contributed by atoms with Crippen LogP contribution >= 0.6 is 43.5 Å². The Balaban J connectivity index is 3.71. The van der Waals surface area contributed by atoms with Crippen LogP contribution in [0, 0.1) is 0 Å². The average molecular weight is 278 g/mol. The molecule has 0 spiro atoms. The van der Waals surface area contributed by atoms with Gasteiger partial charge in [-0.1, -0.05) is 38.8 Å². The molecule has 0 radical (unpaired) electrons. The summed E-state index contributed by atoms with van der Waals surface area (Å²) in [6, 6.07) is 0. The Kier molecular flexibility index (Phi) is 4.34. The summed E-state index contributed by atoms with van der Waals surface area (Å²) in [6.45, 7) is 1.96. The minimum Gasteiger partial charge on any atom is -0.281 e. The van der Waals surface area contributed by atoms with Gasteiger partial charge in [-0.3, -0.25) is 4.79 Å². The molecule has 0 bridgehead atoms. The first-order valence-electron chi connectivity index (χ1n) is 2.54. The number of rotatable bonds is 3. The van der Waals surface area contributed by atoms with Crippen molar-refractivity contribution in [1.29, 1.82) is 0 Å². The van der Waals surface area contributed by atoms with Gasteiger partial charge in [-0.15, -0.1) is 0 Å². The van der Waals surface area contributed by atoms with Crippen LogP contribution < -0.4 is 0 Å². The van der Waals surface area contributed by atoms with E-state index < -0.39 is 0 Å². The van der Waals surface area contributed by atoms with Crippen molar-refractivity contribution in [2.45, 2.75) is 23.0 Å². The Hall–Kier alpha value is 0.920. The van der Waals surface area contributed by atoms with Gasteiger partial charge in [-0.25, -0.2) is 0 Å². The summed E-state index contributed by atoms with van der Waals surface area (Å²) in [5.41, 5.74) is 0. The largest absolute Gasteiger partial charge is 0.281 e. The second-order valence-electron chi connectivity index (χ2n) is 1.74. The zero-order valence-corrected chi connectivity index (χ0v) is 8.88. The average Bonchev–Trinajstić information content (AvgIpc) is 1.63. The highest BCUT2D eigenvalue weighted by atomic mass is 79.9. The molecule has 0 aromatic carbocycles. The molecule has 9 heavy (non-hydrogen) atoms. The molecular formula is C5H7Br2ClO. The molecular weight excluding hydrogens is 271 g/mol. The number of halogens is 3. The van der Waals surface area contributed by atoms with E-state index >= 15 is 0 Å². The minimum absolute atomic E-state index is 0.293. The highest BCUT2D eigenvalue weighted by Gasteiger charge is 2.22. The van der Waals surface area contributed by atoms with Crippen molar-refractivity contribution in [2.75, 3.05) is 0 Å². The molecule has 0 aromatic rings. The van der Waals surface area contributed by atoms with Crippen molar-refractivity contribution in [3.05, 3.63) is 0 Å². The van der Waals surface area contributed by atoms with Gasteiger partial charge in [0, 0.05) is 6.42 Å². The first-order valence-corrected chi connectivity index (χ1v) is 4.50. The molecule has 1 nitrogen and oxygen atoms in total. The molecule has 0 aromatic heterocycles. The molecule has 0 amide bonds. The fraction of sp³-hybridized carbons (Fsp3) is 0.800. The van der Waals surface area contributed by atoms with Gasteiger partial charge in [-0.2, -0.15) is 0 Å². The summed E-state index contributed by atoms with van der Waals surface area (Å²) in [4.78, 5) is 10.3. The third-order valence-corrected chi connectivity index (χ3v) is 2.73. The van der Waals surface area contributed by atoms with Crippen LogP contribution in [0.3, 0.4) is 0 Å². The van der Waals surface area contributed by atoms with E-state index in [0.29, 0.717) is 6.42 Å². The maximum absolute atomic E-state index is 10.3. The maximum Gasteiger partial charge on any atom is 0.223 e. The predicted octanol–water partition coefficient (Wildman–Crippen LogP) is 3.04. The third kappa shape index (κ3) is 5.37. The molecule has 0 saturated heterocycles.